The van der Waals surface area contributed by atoms with Crippen molar-refractivity contribution >= 4 is 0 Å². The Labute approximate surface area is 75.6 Å². The highest BCUT2D eigenvalue weighted by atomic mass is 17.1. The maximum absolute atomic E-state index is 8.07. The minimum Gasteiger partial charge on any atom is -0.465 e. The molecule has 1 aliphatic rings. The Bertz CT molecular complexity index is 298. The lowest BCUT2D eigenvalue weighted by Gasteiger charge is -2.04. The van der Waals surface area contributed by atoms with Gasteiger partial charge in [0.15, 0.2) is 0 Å². The van der Waals surface area contributed by atoms with Crippen molar-refractivity contribution in [3.05, 3.63) is 29.3 Å². The second kappa shape index (κ2) is 3.74. The Balaban J connectivity index is 2.12. The normalized spacial score (nSPS) is 14.2. The molecule has 0 amide bonds. The fraction of sp³-hybridized carbons (Fsp3) is 0.333. The van der Waals surface area contributed by atoms with Gasteiger partial charge in [-0.25, -0.2) is 5.26 Å². The van der Waals surface area contributed by atoms with Crippen LogP contribution in [0.1, 0.15) is 11.1 Å². The zero-order valence-electron chi connectivity index (χ0n) is 7.03. The lowest BCUT2D eigenvalue weighted by molar-refractivity contribution is -0.278. The molecule has 4 heteroatoms. The van der Waals surface area contributed by atoms with Gasteiger partial charge in [0.1, 0.15) is 5.75 Å². The van der Waals surface area contributed by atoms with Crippen molar-refractivity contribution in [1.82, 2.24) is 0 Å². The van der Waals surface area contributed by atoms with Gasteiger partial charge in [0.05, 0.1) is 13.2 Å². The van der Waals surface area contributed by atoms with Gasteiger partial charge >= 0.3 is 0 Å². The topological polar surface area (TPSA) is 47.9 Å². The van der Waals surface area contributed by atoms with Crippen LogP contribution in [0.15, 0.2) is 18.2 Å². The van der Waals surface area contributed by atoms with Crippen LogP contribution in [0.5, 0.6) is 5.75 Å². The van der Waals surface area contributed by atoms with Crippen LogP contribution in [0.2, 0.25) is 0 Å². The maximum Gasteiger partial charge on any atom is 0.220 e. The largest absolute Gasteiger partial charge is 0.465 e. The van der Waals surface area contributed by atoms with Gasteiger partial charge in [-0.05, 0) is 23.3 Å². The zero-order chi connectivity index (χ0) is 9.10. The van der Waals surface area contributed by atoms with E-state index < -0.39 is 0 Å². The third-order valence-electron chi connectivity index (χ3n) is 1.97. The van der Waals surface area contributed by atoms with Crippen molar-refractivity contribution in [1.29, 1.82) is 0 Å². The van der Waals surface area contributed by atoms with Crippen LogP contribution in [0.4, 0.5) is 0 Å². The molecule has 1 aromatic rings. The summed E-state index contributed by atoms with van der Waals surface area (Å²) in [6.07, 6.45) is 0. The van der Waals surface area contributed by atoms with E-state index in [2.05, 4.69) is 4.89 Å². The van der Waals surface area contributed by atoms with Gasteiger partial charge in [-0.2, -0.15) is 4.89 Å². The molecular weight excluding hydrogens is 172 g/mol. The van der Waals surface area contributed by atoms with Crippen molar-refractivity contribution in [2.24, 2.45) is 0 Å². The molecule has 4 nitrogen and oxygen atoms in total. The fourth-order valence-corrected chi connectivity index (χ4v) is 1.33. The summed E-state index contributed by atoms with van der Waals surface area (Å²) in [5, 5.41) is 8.07. The highest BCUT2D eigenvalue weighted by Crippen LogP contribution is 2.24. The molecule has 1 heterocycles. The molecule has 1 aromatic carbocycles. The first-order valence-corrected chi connectivity index (χ1v) is 3.99. The summed E-state index contributed by atoms with van der Waals surface area (Å²) < 4.78 is 10.3. The van der Waals surface area contributed by atoms with Gasteiger partial charge in [-0.1, -0.05) is 6.07 Å². The molecule has 2 rings (SSSR count). The van der Waals surface area contributed by atoms with E-state index in [-0.39, 0.29) is 6.79 Å². The molecule has 1 aliphatic heterocycles. The Morgan fingerprint density at radius 3 is 3.00 bits per heavy atom. The number of rotatable bonds is 3. The summed E-state index contributed by atoms with van der Waals surface area (Å²) in [7, 11) is 0. The zero-order valence-corrected chi connectivity index (χ0v) is 7.03. The van der Waals surface area contributed by atoms with Crippen molar-refractivity contribution in [2.75, 3.05) is 6.79 Å². The Hall–Kier alpha value is -1.10. The number of hydrogen-bond donors (Lipinski definition) is 1. The van der Waals surface area contributed by atoms with Crippen LogP contribution in [0, 0.1) is 0 Å². The van der Waals surface area contributed by atoms with Crippen LogP contribution in [-0.2, 0) is 22.8 Å². The van der Waals surface area contributed by atoms with E-state index in [1.807, 2.05) is 18.2 Å². The van der Waals surface area contributed by atoms with Gasteiger partial charge < -0.3 is 9.47 Å². The number of benzene rings is 1. The first-order chi connectivity index (χ1) is 6.40. The molecule has 70 valence electrons. The second-order valence-corrected chi connectivity index (χ2v) is 2.81. The summed E-state index contributed by atoms with van der Waals surface area (Å²) in [6.45, 7) is 1.15. The Morgan fingerprint density at radius 2 is 2.15 bits per heavy atom. The highest BCUT2D eigenvalue weighted by Gasteiger charge is 2.11. The Kier molecular flexibility index (Phi) is 2.44. The van der Waals surface area contributed by atoms with Crippen LogP contribution in [-0.4, -0.2) is 12.1 Å². The first kappa shape index (κ1) is 8.50. The molecule has 0 bridgehead atoms. The molecule has 0 aromatic heterocycles. The summed E-state index contributed by atoms with van der Waals surface area (Å²) in [5.74, 6) is 0.679. The average Bonchev–Trinajstić information content (AvgIpc) is 2.61. The van der Waals surface area contributed by atoms with E-state index in [4.69, 9.17) is 14.7 Å². The smallest absolute Gasteiger partial charge is 0.220 e. The van der Waals surface area contributed by atoms with Crippen LogP contribution in [0.25, 0.3) is 0 Å². The predicted octanol–water partition coefficient (Wildman–Crippen LogP) is 1.54. The third kappa shape index (κ3) is 1.80. The number of ether oxygens (including phenoxy) is 2. The van der Waals surface area contributed by atoms with Crippen molar-refractivity contribution in [3.63, 3.8) is 0 Å². The first-order valence-electron chi connectivity index (χ1n) is 3.99. The van der Waals surface area contributed by atoms with Gasteiger partial charge in [0, 0.05) is 0 Å². The van der Waals surface area contributed by atoms with Crippen molar-refractivity contribution in [3.8, 4) is 5.75 Å². The monoisotopic (exact) mass is 182 g/mol. The number of hydrogen-bond acceptors (Lipinski definition) is 4. The van der Waals surface area contributed by atoms with Crippen molar-refractivity contribution < 1.29 is 19.6 Å². The minimum absolute atomic E-state index is 0.153. The molecule has 0 atom stereocenters. The molecular formula is C9H10O4. The van der Waals surface area contributed by atoms with E-state index in [0.29, 0.717) is 19.0 Å². The van der Waals surface area contributed by atoms with E-state index in [1.54, 1.807) is 0 Å². The molecule has 0 aliphatic carbocycles. The summed E-state index contributed by atoms with van der Waals surface area (Å²) in [5.41, 5.74) is 2.33. The molecule has 1 N–H and O–H groups in total. The van der Waals surface area contributed by atoms with E-state index in [1.165, 1.54) is 5.56 Å². The fourth-order valence-electron chi connectivity index (χ4n) is 1.33. The summed E-state index contributed by atoms with van der Waals surface area (Å²) >= 11 is 0. The lowest BCUT2D eigenvalue weighted by atomic mass is 10.1. The van der Waals surface area contributed by atoms with Crippen LogP contribution >= 0.6 is 0 Å². The van der Waals surface area contributed by atoms with E-state index in [9.17, 15) is 0 Å². The molecule has 0 spiro atoms. The molecule has 13 heavy (non-hydrogen) atoms. The van der Waals surface area contributed by atoms with Crippen LogP contribution in [0.3, 0.4) is 0 Å². The maximum atomic E-state index is 8.07. The summed E-state index contributed by atoms with van der Waals surface area (Å²) in [6, 6.07) is 5.67. The average molecular weight is 182 g/mol. The number of fused-ring (bicyclic) bond motifs is 1. The molecule has 0 fully saturated rings. The molecule has 0 unspecified atom stereocenters. The van der Waals surface area contributed by atoms with Gasteiger partial charge in [0.2, 0.25) is 6.79 Å². The Morgan fingerprint density at radius 1 is 1.31 bits per heavy atom. The molecule has 0 radical (unpaired) electrons. The minimum atomic E-state index is -0.153. The lowest BCUT2D eigenvalue weighted by Crippen LogP contribution is -1.99. The highest BCUT2D eigenvalue weighted by molar-refractivity contribution is 5.36. The standard InChI is InChI=1S/C9H10O4/c10-13-6-12-9-2-1-7-4-11-5-8(7)3-9/h1-3,10H,4-6H2. The van der Waals surface area contributed by atoms with E-state index in [0.717, 1.165) is 5.56 Å². The van der Waals surface area contributed by atoms with Crippen LogP contribution < -0.4 is 4.74 Å². The van der Waals surface area contributed by atoms with Gasteiger partial charge in [0.25, 0.3) is 0 Å². The van der Waals surface area contributed by atoms with E-state index >= 15 is 0 Å². The van der Waals surface area contributed by atoms with Gasteiger partial charge in [-0.15, -0.1) is 0 Å². The van der Waals surface area contributed by atoms with Crippen molar-refractivity contribution in [2.45, 2.75) is 13.2 Å². The van der Waals surface area contributed by atoms with Gasteiger partial charge in [-0.3, -0.25) is 0 Å². The molecule has 0 saturated heterocycles. The second-order valence-electron chi connectivity index (χ2n) is 2.81. The quantitative estimate of drug-likeness (QED) is 0.437. The third-order valence-corrected chi connectivity index (χ3v) is 1.97. The SMILES string of the molecule is OOCOc1ccc2c(c1)COC2. The predicted molar refractivity (Wildman–Crippen MR) is 44.1 cm³/mol. The molecule has 0 saturated carbocycles. The summed E-state index contributed by atoms with van der Waals surface area (Å²) in [4.78, 5) is 3.81.